The van der Waals surface area contributed by atoms with Gasteiger partial charge in [0.15, 0.2) is 0 Å². The molecule has 0 saturated carbocycles. The van der Waals surface area contributed by atoms with Crippen LogP contribution in [0.1, 0.15) is 52.9 Å². The Morgan fingerprint density at radius 2 is 1.74 bits per heavy atom. The summed E-state index contributed by atoms with van der Waals surface area (Å²) in [4.78, 5) is 40.7. The zero-order chi connectivity index (χ0) is 27.0. The van der Waals surface area contributed by atoms with Crippen LogP contribution in [0.25, 0.3) is 0 Å². The van der Waals surface area contributed by atoms with Gasteiger partial charge in [0, 0.05) is 49.8 Å². The zero-order valence-electron chi connectivity index (χ0n) is 21.6. The van der Waals surface area contributed by atoms with Crippen LogP contribution in [0.2, 0.25) is 0 Å². The molecule has 0 aromatic heterocycles. The number of fused-ring (bicyclic) bond motifs is 1. The number of sulfonamides is 1. The maximum atomic E-state index is 13.0. The lowest BCUT2D eigenvalue weighted by molar-refractivity contribution is -0.136. The number of carbonyl (C=O) groups is 3. The molecule has 2 fully saturated rings. The highest BCUT2D eigenvalue weighted by Gasteiger charge is 2.40. The summed E-state index contributed by atoms with van der Waals surface area (Å²) in [5.41, 5.74) is 3.40. The minimum Gasteiger partial charge on any atom is -0.489 e. The van der Waals surface area contributed by atoms with Gasteiger partial charge in [-0.05, 0) is 36.6 Å². The molecular formula is C27H32N4O6S. The normalized spacial score (nSPS) is 21.8. The van der Waals surface area contributed by atoms with Crippen LogP contribution in [0.4, 0.5) is 0 Å². The Balaban J connectivity index is 1.20. The molecule has 0 aliphatic carbocycles. The first-order valence-corrected chi connectivity index (χ1v) is 14.6. The van der Waals surface area contributed by atoms with Crippen molar-refractivity contribution in [3.05, 3.63) is 64.7 Å². The fourth-order valence-electron chi connectivity index (χ4n) is 5.38. The topological polar surface area (TPSA) is 116 Å². The van der Waals surface area contributed by atoms with E-state index >= 15 is 0 Å². The highest BCUT2D eigenvalue weighted by molar-refractivity contribution is 7.88. The third-order valence-electron chi connectivity index (χ3n) is 7.69. The monoisotopic (exact) mass is 540 g/mol. The van der Waals surface area contributed by atoms with Gasteiger partial charge < -0.3 is 9.64 Å². The van der Waals surface area contributed by atoms with Crippen LogP contribution in [0.3, 0.4) is 0 Å². The van der Waals surface area contributed by atoms with Crippen molar-refractivity contribution in [2.24, 2.45) is 0 Å². The van der Waals surface area contributed by atoms with E-state index in [4.69, 9.17) is 4.74 Å². The van der Waals surface area contributed by atoms with E-state index in [0.717, 1.165) is 16.7 Å². The van der Waals surface area contributed by atoms with Crippen molar-refractivity contribution in [2.75, 3.05) is 32.4 Å². The van der Waals surface area contributed by atoms with Crippen LogP contribution in [0.15, 0.2) is 42.5 Å². The predicted octanol–water partition coefficient (Wildman–Crippen LogP) is 1.66. The Morgan fingerprint density at radius 1 is 1.03 bits per heavy atom. The number of imide groups is 1. The first-order chi connectivity index (χ1) is 18.1. The molecule has 3 amide bonds. The lowest BCUT2D eigenvalue weighted by atomic mass is 10.0. The molecule has 10 nitrogen and oxygen atoms in total. The number of benzene rings is 2. The second kappa shape index (κ2) is 10.5. The first kappa shape index (κ1) is 26.3. The van der Waals surface area contributed by atoms with E-state index in [1.54, 1.807) is 12.1 Å². The molecular weight excluding hydrogens is 508 g/mol. The van der Waals surface area contributed by atoms with Crippen LogP contribution in [-0.2, 0) is 32.8 Å². The molecule has 3 aliphatic rings. The van der Waals surface area contributed by atoms with E-state index in [2.05, 4.69) is 29.3 Å². The fourth-order valence-corrected chi connectivity index (χ4v) is 6.21. The van der Waals surface area contributed by atoms with Gasteiger partial charge >= 0.3 is 0 Å². The summed E-state index contributed by atoms with van der Waals surface area (Å²) in [5.74, 6) is -0.367. The number of piperidine rings is 1. The molecule has 2 aromatic rings. The smallest absolute Gasteiger partial charge is 0.255 e. The second-order valence-corrected chi connectivity index (χ2v) is 12.1. The number of carbonyl (C=O) groups excluding carboxylic acids is 3. The number of hydrogen-bond acceptors (Lipinski definition) is 7. The molecule has 38 heavy (non-hydrogen) atoms. The van der Waals surface area contributed by atoms with Crippen molar-refractivity contribution in [1.82, 2.24) is 19.4 Å². The number of nitrogens with one attached hydrogen (secondary N) is 1. The number of rotatable bonds is 7. The van der Waals surface area contributed by atoms with Crippen LogP contribution < -0.4 is 10.1 Å². The second-order valence-electron chi connectivity index (χ2n) is 10.1. The van der Waals surface area contributed by atoms with Gasteiger partial charge in [-0.1, -0.05) is 30.3 Å². The molecule has 3 heterocycles. The molecule has 202 valence electrons. The van der Waals surface area contributed by atoms with Gasteiger partial charge in [-0.3, -0.25) is 24.6 Å². The van der Waals surface area contributed by atoms with Crippen molar-refractivity contribution < 1.29 is 27.5 Å². The van der Waals surface area contributed by atoms with Crippen molar-refractivity contribution >= 4 is 27.7 Å². The van der Waals surface area contributed by atoms with Gasteiger partial charge in [0.1, 0.15) is 18.4 Å². The van der Waals surface area contributed by atoms with Crippen LogP contribution in [0.5, 0.6) is 5.75 Å². The molecule has 0 bridgehead atoms. The van der Waals surface area contributed by atoms with Crippen molar-refractivity contribution in [1.29, 1.82) is 0 Å². The average molecular weight is 541 g/mol. The van der Waals surface area contributed by atoms with E-state index in [-0.39, 0.29) is 30.8 Å². The molecule has 2 atom stereocenters. The zero-order valence-corrected chi connectivity index (χ0v) is 22.4. The Labute approximate surface area is 222 Å². The summed E-state index contributed by atoms with van der Waals surface area (Å²) < 4.78 is 31.2. The molecule has 0 radical (unpaired) electrons. The largest absolute Gasteiger partial charge is 0.489 e. The van der Waals surface area contributed by atoms with Crippen LogP contribution in [-0.4, -0.2) is 78.7 Å². The average Bonchev–Trinajstić information content (AvgIpc) is 3.23. The number of piperazine rings is 1. The SMILES string of the molecule is C[C@H](c1ccc(COc2cccc3c2CN(C2CCC(=O)NC2=O)C3=O)cc1)N1CCN(S(C)(=O)=O)CC1. The van der Waals surface area contributed by atoms with Crippen LogP contribution in [0, 0.1) is 0 Å². The molecule has 1 N–H and O–H groups in total. The minimum absolute atomic E-state index is 0.161. The summed E-state index contributed by atoms with van der Waals surface area (Å²) in [6.45, 7) is 5.09. The van der Waals surface area contributed by atoms with E-state index in [9.17, 15) is 22.8 Å². The Hall–Kier alpha value is -3.28. The summed E-state index contributed by atoms with van der Waals surface area (Å²) >= 11 is 0. The highest BCUT2D eigenvalue weighted by atomic mass is 32.2. The molecule has 5 rings (SSSR count). The molecule has 11 heteroatoms. The van der Waals surface area contributed by atoms with Gasteiger partial charge in [-0.2, -0.15) is 4.31 Å². The highest BCUT2D eigenvalue weighted by Crippen LogP contribution is 2.34. The third kappa shape index (κ3) is 5.31. The lowest BCUT2D eigenvalue weighted by Gasteiger charge is -2.37. The number of nitrogens with zero attached hydrogens (tertiary/aromatic N) is 3. The minimum atomic E-state index is -3.15. The van der Waals surface area contributed by atoms with Crippen molar-refractivity contribution in [3.63, 3.8) is 0 Å². The van der Waals surface area contributed by atoms with E-state index in [0.29, 0.717) is 50.5 Å². The standard InChI is InChI=1S/C27H32N4O6S/c1-18(29-12-14-30(15-13-29)38(2,35)36)20-8-6-19(7-9-20)17-37-24-5-3-4-21-22(24)16-31(27(21)34)23-10-11-25(32)28-26(23)33/h3-9,18,23H,10-17H2,1-2H3,(H,28,32,33)/t18-,23?/m1/s1. The fraction of sp³-hybridized carbons (Fsp3) is 0.444. The molecule has 3 aliphatic heterocycles. The molecule has 1 unspecified atom stereocenters. The molecule has 2 aromatic carbocycles. The summed E-state index contributed by atoms with van der Waals surface area (Å²) in [5, 5.41) is 2.32. The van der Waals surface area contributed by atoms with Gasteiger partial charge in [0.25, 0.3) is 5.91 Å². The van der Waals surface area contributed by atoms with Crippen molar-refractivity contribution in [2.45, 2.75) is 45.0 Å². The Bertz CT molecular complexity index is 1350. The van der Waals surface area contributed by atoms with Gasteiger partial charge in [0.05, 0.1) is 12.8 Å². The molecule has 0 spiro atoms. The first-order valence-electron chi connectivity index (χ1n) is 12.8. The van der Waals surface area contributed by atoms with Gasteiger partial charge in [-0.15, -0.1) is 0 Å². The van der Waals surface area contributed by atoms with Crippen LogP contribution >= 0.6 is 0 Å². The third-order valence-corrected chi connectivity index (χ3v) is 8.99. The quantitative estimate of drug-likeness (QED) is 0.531. The number of ether oxygens (including phenoxy) is 1. The van der Waals surface area contributed by atoms with E-state index in [1.807, 2.05) is 18.2 Å². The van der Waals surface area contributed by atoms with Gasteiger partial charge in [0.2, 0.25) is 21.8 Å². The van der Waals surface area contributed by atoms with Gasteiger partial charge in [-0.25, -0.2) is 8.42 Å². The van der Waals surface area contributed by atoms with E-state index < -0.39 is 22.0 Å². The maximum absolute atomic E-state index is 13.0. The maximum Gasteiger partial charge on any atom is 0.255 e. The Morgan fingerprint density at radius 3 is 2.39 bits per heavy atom. The van der Waals surface area contributed by atoms with Crippen molar-refractivity contribution in [3.8, 4) is 5.75 Å². The number of hydrogen-bond donors (Lipinski definition) is 1. The summed E-state index contributed by atoms with van der Waals surface area (Å²) in [7, 11) is -3.15. The van der Waals surface area contributed by atoms with E-state index in [1.165, 1.54) is 15.5 Å². The molecule has 2 saturated heterocycles. The predicted molar refractivity (Wildman–Crippen MR) is 140 cm³/mol. The number of amides is 3. The Kier molecular flexibility index (Phi) is 7.26. The lowest BCUT2D eigenvalue weighted by Crippen LogP contribution is -2.52. The summed E-state index contributed by atoms with van der Waals surface area (Å²) in [6, 6.07) is 13.0. The summed E-state index contributed by atoms with van der Waals surface area (Å²) in [6.07, 6.45) is 1.78.